The van der Waals surface area contributed by atoms with Crippen molar-refractivity contribution in [2.24, 2.45) is 0 Å². The first-order valence-electron chi connectivity index (χ1n) is 6.51. The minimum atomic E-state index is 0.928. The molecule has 0 aliphatic heterocycles. The molecule has 0 aliphatic carbocycles. The van der Waals surface area contributed by atoms with Crippen LogP contribution in [0.5, 0.6) is 0 Å². The monoisotopic (exact) mass is 207 g/mol. The molecule has 15 heavy (non-hydrogen) atoms. The highest BCUT2D eigenvalue weighted by atomic mass is 13.9. The zero-order valence-electron chi connectivity index (χ0n) is 10.4. The van der Waals surface area contributed by atoms with Crippen molar-refractivity contribution in [2.45, 2.75) is 64.7 Å². The van der Waals surface area contributed by atoms with Crippen LogP contribution in [0.3, 0.4) is 0 Å². The summed E-state index contributed by atoms with van der Waals surface area (Å²) in [7, 11) is 0. The van der Waals surface area contributed by atoms with Gasteiger partial charge in [0.05, 0.1) is 0 Å². The summed E-state index contributed by atoms with van der Waals surface area (Å²) in [6, 6.07) is 0. The molecular weight excluding hydrogens is 180 g/mol. The molecule has 0 heteroatoms. The maximum atomic E-state index is 3.77. The fraction of sp³-hybridized carbons (Fsp3) is 0.667. The van der Waals surface area contributed by atoms with Crippen molar-refractivity contribution in [3.05, 3.63) is 31.2 Å². The standard InChI is InChI=1S/C15H27/c1-3-5-7-9-11-13-15-14-12-10-8-6-4-2/h5,7,12,14H,1,3-4,6,8-11,13,15H2,2H3/b7-5+,14-12+. The predicted molar refractivity (Wildman–Crippen MR) is 70.9 cm³/mol. The summed E-state index contributed by atoms with van der Waals surface area (Å²) >= 11 is 0. The third kappa shape index (κ3) is 13.5. The van der Waals surface area contributed by atoms with E-state index in [1.165, 1.54) is 51.4 Å². The van der Waals surface area contributed by atoms with Crippen LogP contribution < -0.4 is 0 Å². The number of hydrogen-bond donors (Lipinski definition) is 0. The van der Waals surface area contributed by atoms with Crippen LogP contribution in [-0.2, 0) is 0 Å². The first-order valence-corrected chi connectivity index (χ1v) is 6.51. The first kappa shape index (κ1) is 14.5. The third-order valence-corrected chi connectivity index (χ3v) is 2.47. The Kier molecular flexibility index (Phi) is 13.0. The average molecular weight is 207 g/mol. The topological polar surface area (TPSA) is 0 Å². The summed E-state index contributed by atoms with van der Waals surface area (Å²) in [5, 5.41) is 0. The molecule has 0 aromatic rings. The minimum absolute atomic E-state index is 0.928. The molecule has 87 valence electrons. The van der Waals surface area contributed by atoms with E-state index in [4.69, 9.17) is 0 Å². The van der Waals surface area contributed by atoms with Crippen LogP contribution >= 0.6 is 0 Å². The highest BCUT2D eigenvalue weighted by molar-refractivity contribution is 4.84. The van der Waals surface area contributed by atoms with Crippen molar-refractivity contribution in [1.82, 2.24) is 0 Å². The fourth-order valence-electron chi connectivity index (χ4n) is 1.51. The van der Waals surface area contributed by atoms with Crippen molar-refractivity contribution in [3.63, 3.8) is 0 Å². The lowest BCUT2D eigenvalue weighted by Crippen LogP contribution is -1.74. The Bertz CT molecular complexity index is 153. The molecule has 0 unspecified atom stereocenters. The first-order chi connectivity index (χ1) is 7.41. The molecule has 0 amide bonds. The van der Waals surface area contributed by atoms with Crippen LogP contribution in [-0.4, -0.2) is 0 Å². The summed E-state index contributed by atoms with van der Waals surface area (Å²) in [5.74, 6) is 0. The second-order valence-corrected chi connectivity index (χ2v) is 4.01. The molecule has 0 heterocycles. The van der Waals surface area contributed by atoms with Gasteiger partial charge in [-0.2, -0.15) is 0 Å². The molecule has 0 aromatic carbocycles. The summed E-state index contributed by atoms with van der Waals surface area (Å²) in [4.78, 5) is 0. The average Bonchev–Trinajstić information content (AvgIpc) is 2.26. The Hall–Kier alpha value is -0.520. The van der Waals surface area contributed by atoms with E-state index < -0.39 is 0 Å². The van der Waals surface area contributed by atoms with E-state index in [1.54, 1.807) is 0 Å². The summed E-state index contributed by atoms with van der Waals surface area (Å²) in [6.45, 7) is 6.02. The van der Waals surface area contributed by atoms with Crippen molar-refractivity contribution in [2.75, 3.05) is 0 Å². The molecule has 0 saturated carbocycles. The van der Waals surface area contributed by atoms with E-state index in [2.05, 4.69) is 38.2 Å². The molecule has 0 nitrogen and oxygen atoms in total. The normalized spacial score (nSPS) is 11.9. The number of rotatable bonds is 10. The van der Waals surface area contributed by atoms with Crippen LogP contribution in [0.25, 0.3) is 0 Å². The zero-order valence-corrected chi connectivity index (χ0v) is 10.4. The lowest BCUT2D eigenvalue weighted by atomic mass is 10.1. The van der Waals surface area contributed by atoms with E-state index >= 15 is 0 Å². The predicted octanol–water partition coefficient (Wildman–Crippen LogP) is 5.46. The second kappa shape index (κ2) is 13.5. The number of allylic oxidation sites excluding steroid dienone is 4. The van der Waals surface area contributed by atoms with Crippen LogP contribution in [0.1, 0.15) is 64.7 Å². The maximum Gasteiger partial charge on any atom is -0.0351 e. The lowest BCUT2D eigenvalue weighted by Gasteiger charge is -1.94. The Morgan fingerprint density at radius 3 is 1.67 bits per heavy atom. The van der Waals surface area contributed by atoms with E-state index in [0.29, 0.717) is 0 Å². The van der Waals surface area contributed by atoms with E-state index in [0.717, 1.165) is 6.42 Å². The second-order valence-electron chi connectivity index (χ2n) is 4.01. The molecule has 0 atom stereocenters. The fourth-order valence-corrected chi connectivity index (χ4v) is 1.51. The van der Waals surface area contributed by atoms with Gasteiger partial charge in [0.15, 0.2) is 0 Å². The van der Waals surface area contributed by atoms with Gasteiger partial charge in [0.1, 0.15) is 0 Å². The van der Waals surface area contributed by atoms with Gasteiger partial charge in [0.2, 0.25) is 0 Å². The molecule has 0 bridgehead atoms. The van der Waals surface area contributed by atoms with Gasteiger partial charge in [-0.1, -0.05) is 44.1 Å². The third-order valence-electron chi connectivity index (χ3n) is 2.47. The summed E-state index contributed by atoms with van der Waals surface area (Å²) in [5.41, 5.74) is 0. The Morgan fingerprint density at radius 2 is 1.20 bits per heavy atom. The molecule has 1 radical (unpaired) electrons. The van der Waals surface area contributed by atoms with Gasteiger partial charge >= 0.3 is 0 Å². The Morgan fingerprint density at radius 1 is 0.733 bits per heavy atom. The van der Waals surface area contributed by atoms with Crippen molar-refractivity contribution >= 4 is 0 Å². The summed E-state index contributed by atoms with van der Waals surface area (Å²) in [6.07, 6.45) is 20.5. The molecule has 0 saturated heterocycles. The molecule has 0 spiro atoms. The largest absolute Gasteiger partial charge is 0.0885 e. The smallest absolute Gasteiger partial charge is 0.0351 e. The molecule has 0 rings (SSSR count). The molecule has 0 aromatic heterocycles. The quantitative estimate of drug-likeness (QED) is 0.329. The summed E-state index contributed by atoms with van der Waals surface area (Å²) < 4.78 is 0. The molecule has 0 N–H and O–H groups in total. The molecular formula is C15H27. The molecule has 0 aliphatic rings. The number of unbranched alkanes of at least 4 members (excludes halogenated alkanes) is 6. The minimum Gasteiger partial charge on any atom is -0.0885 e. The maximum absolute atomic E-state index is 3.77. The highest BCUT2D eigenvalue weighted by Crippen LogP contribution is 2.04. The Labute approximate surface area is 96.5 Å². The highest BCUT2D eigenvalue weighted by Gasteiger charge is 1.84. The van der Waals surface area contributed by atoms with Gasteiger partial charge < -0.3 is 0 Å². The Balaban J connectivity index is 3.06. The van der Waals surface area contributed by atoms with Gasteiger partial charge in [0, 0.05) is 0 Å². The van der Waals surface area contributed by atoms with Gasteiger partial charge in [-0.15, -0.1) is 0 Å². The van der Waals surface area contributed by atoms with E-state index in [1.807, 2.05) is 0 Å². The lowest BCUT2D eigenvalue weighted by molar-refractivity contribution is 0.723. The van der Waals surface area contributed by atoms with Crippen LogP contribution in [0.2, 0.25) is 0 Å². The zero-order chi connectivity index (χ0) is 11.2. The van der Waals surface area contributed by atoms with Gasteiger partial charge in [-0.3, -0.25) is 0 Å². The van der Waals surface area contributed by atoms with E-state index in [9.17, 15) is 0 Å². The van der Waals surface area contributed by atoms with Gasteiger partial charge in [-0.25, -0.2) is 0 Å². The van der Waals surface area contributed by atoms with Crippen molar-refractivity contribution in [1.29, 1.82) is 0 Å². The van der Waals surface area contributed by atoms with Crippen molar-refractivity contribution < 1.29 is 0 Å². The molecule has 0 fully saturated rings. The van der Waals surface area contributed by atoms with Crippen molar-refractivity contribution in [3.8, 4) is 0 Å². The van der Waals surface area contributed by atoms with Gasteiger partial charge in [0.25, 0.3) is 0 Å². The SMILES string of the molecule is [CH2]C/C=C/CCCC/C=C/CCCCC. The number of hydrogen-bond acceptors (Lipinski definition) is 0. The van der Waals surface area contributed by atoms with Gasteiger partial charge in [-0.05, 0) is 51.9 Å². The van der Waals surface area contributed by atoms with Crippen LogP contribution in [0.4, 0.5) is 0 Å². The van der Waals surface area contributed by atoms with E-state index in [-0.39, 0.29) is 0 Å². The van der Waals surface area contributed by atoms with Crippen LogP contribution in [0.15, 0.2) is 24.3 Å². The van der Waals surface area contributed by atoms with Crippen LogP contribution in [0, 0.1) is 6.92 Å².